The molecule has 4 heteroatoms. The van der Waals surface area contributed by atoms with Crippen LogP contribution in [0.4, 0.5) is 10.1 Å². The van der Waals surface area contributed by atoms with E-state index in [0.29, 0.717) is 18.7 Å². The van der Waals surface area contributed by atoms with Gasteiger partial charge in [-0.15, -0.1) is 0 Å². The van der Waals surface area contributed by atoms with Gasteiger partial charge in [0.05, 0.1) is 11.6 Å². The first-order valence-corrected chi connectivity index (χ1v) is 8.13. The van der Waals surface area contributed by atoms with Gasteiger partial charge in [-0.05, 0) is 54.1 Å². The lowest BCUT2D eigenvalue weighted by Gasteiger charge is -2.20. The van der Waals surface area contributed by atoms with Gasteiger partial charge in [0.1, 0.15) is 5.82 Å². The molecule has 0 saturated carbocycles. The highest BCUT2D eigenvalue weighted by molar-refractivity contribution is 5.96. The van der Waals surface area contributed by atoms with E-state index in [0.717, 1.165) is 36.1 Å². The number of anilines is 1. The van der Waals surface area contributed by atoms with Crippen molar-refractivity contribution >= 4 is 11.6 Å². The van der Waals surface area contributed by atoms with Gasteiger partial charge in [0, 0.05) is 6.54 Å². The average Bonchev–Trinajstić information content (AvgIpc) is 3.02. The lowest BCUT2D eigenvalue weighted by atomic mass is 9.98. The van der Waals surface area contributed by atoms with Gasteiger partial charge in [-0.25, -0.2) is 4.39 Å². The molecule has 118 valence electrons. The lowest BCUT2D eigenvalue weighted by molar-refractivity contribution is -0.117. The summed E-state index contributed by atoms with van der Waals surface area (Å²) in [6, 6.07) is 11.6. The molecule has 0 bridgehead atoms. The van der Waals surface area contributed by atoms with E-state index in [1.54, 1.807) is 6.07 Å². The molecule has 1 aliphatic heterocycles. The van der Waals surface area contributed by atoms with Crippen molar-refractivity contribution in [3.63, 3.8) is 0 Å². The van der Waals surface area contributed by atoms with Crippen LogP contribution in [0.5, 0.6) is 0 Å². The van der Waals surface area contributed by atoms with Crippen molar-refractivity contribution in [2.45, 2.75) is 31.7 Å². The summed E-state index contributed by atoms with van der Waals surface area (Å²) in [5.41, 5.74) is 4.32. The molecule has 0 saturated heterocycles. The Morgan fingerprint density at radius 3 is 2.91 bits per heavy atom. The van der Waals surface area contributed by atoms with Crippen LogP contribution in [-0.4, -0.2) is 12.5 Å². The third-order valence-corrected chi connectivity index (χ3v) is 4.91. The number of halogens is 1. The zero-order valence-corrected chi connectivity index (χ0v) is 12.9. The van der Waals surface area contributed by atoms with E-state index in [9.17, 15) is 9.18 Å². The number of fused-ring (bicyclic) bond motifs is 2. The van der Waals surface area contributed by atoms with Crippen LogP contribution in [0.3, 0.4) is 0 Å². The maximum atomic E-state index is 14.7. The van der Waals surface area contributed by atoms with E-state index < -0.39 is 0 Å². The molecule has 1 heterocycles. The van der Waals surface area contributed by atoms with E-state index in [1.165, 1.54) is 5.56 Å². The molecule has 0 aromatic heterocycles. The van der Waals surface area contributed by atoms with Crippen molar-refractivity contribution in [2.75, 3.05) is 11.9 Å². The molecule has 1 aliphatic carbocycles. The number of hydrogen-bond donors (Lipinski definition) is 2. The van der Waals surface area contributed by atoms with E-state index in [2.05, 4.69) is 16.7 Å². The van der Waals surface area contributed by atoms with Crippen molar-refractivity contribution in [2.24, 2.45) is 0 Å². The van der Waals surface area contributed by atoms with Crippen molar-refractivity contribution in [3.05, 3.63) is 64.5 Å². The van der Waals surface area contributed by atoms with E-state index in [1.807, 2.05) is 24.3 Å². The van der Waals surface area contributed by atoms with Gasteiger partial charge in [0.15, 0.2) is 0 Å². The molecule has 3 nitrogen and oxygen atoms in total. The molecule has 4 rings (SSSR count). The Labute approximate surface area is 134 Å². The van der Waals surface area contributed by atoms with Gasteiger partial charge in [0.25, 0.3) is 0 Å². The number of aryl methyl sites for hydroxylation is 1. The molecule has 0 spiro atoms. The first-order valence-electron chi connectivity index (χ1n) is 8.13. The number of carbonyl (C=O) groups excluding carboxylic acids is 1. The number of amides is 1. The topological polar surface area (TPSA) is 41.1 Å². The molecule has 1 unspecified atom stereocenters. The summed E-state index contributed by atoms with van der Waals surface area (Å²) in [6.07, 6.45) is 2.37. The minimum absolute atomic E-state index is 0.109. The maximum absolute atomic E-state index is 14.7. The number of hydrogen-bond acceptors (Lipinski definition) is 2. The molecule has 0 radical (unpaired) electrons. The van der Waals surface area contributed by atoms with E-state index in [-0.39, 0.29) is 17.6 Å². The smallest absolute Gasteiger partial charge is 0.232 e. The minimum atomic E-state index is -0.274. The zero-order valence-electron chi connectivity index (χ0n) is 12.9. The van der Waals surface area contributed by atoms with Crippen LogP contribution < -0.4 is 10.6 Å². The van der Waals surface area contributed by atoms with Crippen LogP contribution in [0.2, 0.25) is 0 Å². The predicted octanol–water partition coefficient (Wildman–Crippen LogP) is 3.14. The lowest BCUT2D eigenvalue weighted by Crippen LogP contribution is -2.26. The first kappa shape index (κ1) is 14.4. The number of carbonyl (C=O) groups is 1. The summed E-state index contributed by atoms with van der Waals surface area (Å²) >= 11 is 0. The number of rotatable bonds is 2. The Hall–Kier alpha value is -2.20. The highest BCUT2D eigenvalue weighted by Gasteiger charge is 2.29. The molecule has 1 atom stereocenters. The fourth-order valence-corrected chi connectivity index (χ4v) is 3.68. The molecule has 1 amide bonds. The Morgan fingerprint density at radius 1 is 1.13 bits per heavy atom. The monoisotopic (exact) mass is 310 g/mol. The fourth-order valence-electron chi connectivity index (χ4n) is 3.68. The molecular weight excluding hydrogens is 291 g/mol. The van der Waals surface area contributed by atoms with Gasteiger partial charge in [-0.3, -0.25) is 4.79 Å². The Balaban J connectivity index is 1.58. The second-order valence-corrected chi connectivity index (χ2v) is 6.27. The quantitative estimate of drug-likeness (QED) is 0.895. The highest BCUT2D eigenvalue weighted by atomic mass is 19.1. The molecule has 2 aromatic carbocycles. The second-order valence-electron chi connectivity index (χ2n) is 6.27. The predicted molar refractivity (Wildman–Crippen MR) is 87.9 cm³/mol. The zero-order chi connectivity index (χ0) is 15.8. The molecular formula is C19H19FN2O. The molecule has 23 heavy (non-hydrogen) atoms. The Bertz CT molecular complexity index is 772. The SMILES string of the molecule is O=C(Nc1ccc2c(c1F)CCNC2)C1CCc2ccccc21. The second kappa shape index (κ2) is 5.78. The van der Waals surface area contributed by atoms with E-state index >= 15 is 0 Å². The summed E-state index contributed by atoms with van der Waals surface area (Å²) in [7, 11) is 0. The normalized spacial score (nSPS) is 19.1. The van der Waals surface area contributed by atoms with Gasteiger partial charge in [0.2, 0.25) is 5.91 Å². The number of benzene rings is 2. The van der Waals surface area contributed by atoms with Crippen molar-refractivity contribution in [1.82, 2.24) is 5.32 Å². The molecule has 0 fully saturated rings. The standard InChI is InChI=1S/C19H19FN2O/c20-18-15-9-10-21-11-13(15)6-8-17(18)22-19(23)16-7-5-12-3-1-2-4-14(12)16/h1-4,6,8,16,21H,5,7,9-11H2,(H,22,23). The summed E-state index contributed by atoms with van der Waals surface area (Å²) in [6.45, 7) is 1.47. The largest absolute Gasteiger partial charge is 0.323 e. The third kappa shape index (κ3) is 2.53. The molecule has 2 N–H and O–H groups in total. The van der Waals surface area contributed by atoms with Crippen molar-refractivity contribution in [1.29, 1.82) is 0 Å². The minimum Gasteiger partial charge on any atom is -0.323 e. The van der Waals surface area contributed by atoms with Crippen LogP contribution in [0, 0.1) is 5.82 Å². The highest BCUT2D eigenvalue weighted by Crippen LogP contribution is 2.34. The molecule has 2 aliphatic rings. The van der Waals surface area contributed by atoms with Crippen LogP contribution in [0.1, 0.15) is 34.6 Å². The van der Waals surface area contributed by atoms with Gasteiger partial charge in [-0.2, -0.15) is 0 Å². The molecule has 2 aromatic rings. The fraction of sp³-hybridized carbons (Fsp3) is 0.316. The van der Waals surface area contributed by atoms with Crippen LogP contribution in [-0.2, 0) is 24.2 Å². The van der Waals surface area contributed by atoms with E-state index in [4.69, 9.17) is 0 Å². The van der Waals surface area contributed by atoms with Gasteiger partial charge in [-0.1, -0.05) is 30.3 Å². The van der Waals surface area contributed by atoms with Gasteiger partial charge < -0.3 is 10.6 Å². The van der Waals surface area contributed by atoms with Crippen LogP contribution in [0.25, 0.3) is 0 Å². The first-order chi connectivity index (χ1) is 11.2. The summed E-state index contributed by atoms with van der Waals surface area (Å²) in [5, 5.41) is 6.04. The third-order valence-electron chi connectivity index (χ3n) is 4.91. The maximum Gasteiger partial charge on any atom is 0.232 e. The Morgan fingerprint density at radius 2 is 2.00 bits per heavy atom. The summed E-state index contributed by atoms with van der Waals surface area (Å²) in [5.74, 6) is -0.560. The van der Waals surface area contributed by atoms with Crippen LogP contribution in [0.15, 0.2) is 36.4 Å². The van der Waals surface area contributed by atoms with Crippen molar-refractivity contribution in [3.8, 4) is 0 Å². The van der Waals surface area contributed by atoms with Gasteiger partial charge >= 0.3 is 0 Å². The summed E-state index contributed by atoms with van der Waals surface area (Å²) in [4.78, 5) is 12.6. The number of nitrogens with one attached hydrogen (secondary N) is 2. The average molecular weight is 310 g/mol. The van der Waals surface area contributed by atoms with Crippen LogP contribution >= 0.6 is 0 Å². The van der Waals surface area contributed by atoms with Crippen molar-refractivity contribution < 1.29 is 9.18 Å². The Kier molecular flexibility index (Phi) is 3.62. The summed E-state index contributed by atoms with van der Waals surface area (Å²) < 4.78 is 14.7.